The van der Waals surface area contributed by atoms with Gasteiger partial charge in [-0.05, 0) is 59.3 Å². The molecular formula is C17H30FN3. The number of rotatable bonds is 4. The molecule has 0 N–H and O–H groups in total. The van der Waals surface area contributed by atoms with Gasteiger partial charge in [-0.1, -0.05) is 12.2 Å². The summed E-state index contributed by atoms with van der Waals surface area (Å²) in [4.78, 5) is 7.09. The number of hydrogen-bond acceptors (Lipinski definition) is 3. The van der Waals surface area contributed by atoms with E-state index in [0.29, 0.717) is 31.5 Å². The second kappa shape index (κ2) is 5.98. The summed E-state index contributed by atoms with van der Waals surface area (Å²) in [7, 11) is 4.29. The Kier molecular flexibility index (Phi) is 4.40. The number of hydrogen-bond donors (Lipinski definition) is 0. The van der Waals surface area contributed by atoms with E-state index >= 15 is 4.39 Å². The highest BCUT2D eigenvalue weighted by Crippen LogP contribution is 2.38. The molecule has 3 rings (SSSR count). The van der Waals surface area contributed by atoms with Crippen molar-refractivity contribution in [1.82, 2.24) is 14.7 Å². The maximum atomic E-state index is 15.1. The van der Waals surface area contributed by atoms with Gasteiger partial charge in [-0.25, -0.2) is 4.39 Å². The standard InChI is InChI=1S/C17H30FN3/c1-14-12-16(14)21-10-6-17(18,7-11-21)13-20(3)15-4-8-19(2)9-5-15/h15-16H,1,4-13H2,2-3H3. The molecule has 2 aliphatic heterocycles. The smallest absolute Gasteiger partial charge is 0.126 e. The van der Waals surface area contributed by atoms with Gasteiger partial charge in [0.15, 0.2) is 0 Å². The number of nitrogens with zero attached hydrogens (tertiary/aromatic N) is 3. The van der Waals surface area contributed by atoms with Gasteiger partial charge >= 0.3 is 0 Å². The van der Waals surface area contributed by atoms with Crippen molar-refractivity contribution in [3.8, 4) is 0 Å². The molecule has 3 fully saturated rings. The molecule has 3 aliphatic rings. The Morgan fingerprint density at radius 3 is 2.33 bits per heavy atom. The van der Waals surface area contributed by atoms with Crippen LogP contribution in [0.4, 0.5) is 4.39 Å². The summed E-state index contributed by atoms with van der Waals surface area (Å²) in [6.07, 6.45) is 4.87. The highest BCUT2D eigenvalue weighted by atomic mass is 19.1. The van der Waals surface area contributed by atoms with Crippen LogP contribution in [0, 0.1) is 0 Å². The molecule has 2 saturated heterocycles. The monoisotopic (exact) mass is 295 g/mol. The quantitative estimate of drug-likeness (QED) is 0.736. The third-order valence-corrected chi connectivity index (χ3v) is 5.75. The average Bonchev–Trinajstić information content (AvgIpc) is 3.17. The summed E-state index contributed by atoms with van der Waals surface area (Å²) in [5.74, 6) is 0. The summed E-state index contributed by atoms with van der Waals surface area (Å²) in [5.41, 5.74) is 0.356. The van der Waals surface area contributed by atoms with Gasteiger partial charge in [0.05, 0.1) is 0 Å². The van der Waals surface area contributed by atoms with Crippen LogP contribution in [0.5, 0.6) is 0 Å². The van der Waals surface area contributed by atoms with Crippen LogP contribution >= 0.6 is 0 Å². The normalized spacial score (nSPS) is 31.8. The van der Waals surface area contributed by atoms with Crippen molar-refractivity contribution >= 4 is 0 Å². The SMILES string of the molecule is C=C1CC1N1CCC(F)(CN(C)C2CCN(C)CC2)CC1. The minimum Gasteiger partial charge on any atom is -0.306 e. The highest BCUT2D eigenvalue weighted by Gasteiger charge is 2.42. The Morgan fingerprint density at radius 1 is 1.24 bits per heavy atom. The molecule has 0 amide bonds. The molecule has 0 aromatic heterocycles. The molecule has 1 aliphatic carbocycles. The zero-order chi connectivity index (χ0) is 15.0. The van der Waals surface area contributed by atoms with Gasteiger partial charge in [0, 0.05) is 31.7 Å². The lowest BCUT2D eigenvalue weighted by molar-refractivity contribution is 0.0110. The van der Waals surface area contributed by atoms with Crippen LogP contribution in [0.2, 0.25) is 0 Å². The van der Waals surface area contributed by atoms with Crippen LogP contribution in [0.1, 0.15) is 32.1 Å². The zero-order valence-corrected chi connectivity index (χ0v) is 13.7. The molecule has 0 bridgehead atoms. The lowest BCUT2D eigenvalue weighted by Crippen LogP contribution is -2.51. The lowest BCUT2D eigenvalue weighted by Gasteiger charge is -2.42. The third kappa shape index (κ3) is 3.66. The Balaban J connectivity index is 1.46. The molecule has 0 radical (unpaired) electrons. The van der Waals surface area contributed by atoms with E-state index in [2.05, 4.69) is 35.4 Å². The van der Waals surface area contributed by atoms with Gasteiger partial charge in [0.1, 0.15) is 5.67 Å². The molecule has 4 heteroatoms. The lowest BCUT2D eigenvalue weighted by atomic mass is 9.91. The van der Waals surface area contributed by atoms with Crippen LogP contribution in [-0.4, -0.2) is 79.3 Å². The number of likely N-dealkylation sites (tertiary alicyclic amines) is 2. The minimum absolute atomic E-state index is 0.565. The maximum Gasteiger partial charge on any atom is 0.126 e. The summed E-state index contributed by atoms with van der Waals surface area (Å²) < 4.78 is 15.1. The molecule has 0 spiro atoms. The van der Waals surface area contributed by atoms with E-state index in [-0.39, 0.29) is 0 Å². The number of halogens is 1. The van der Waals surface area contributed by atoms with Crippen LogP contribution in [0.15, 0.2) is 12.2 Å². The first-order chi connectivity index (χ1) is 9.97. The van der Waals surface area contributed by atoms with Gasteiger partial charge in [-0.15, -0.1) is 0 Å². The topological polar surface area (TPSA) is 9.72 Å². The van der Waals surface area contributed by atoms with Crippen molar-refractivity contribution in [2.45, 2.75) is 49.9 Å². The minimum atomic E-state index is -0.981. The van der Waals surface area contributed by atoms with E-state index in [1.54, 1.807) is 0 Å². The molecule has 3 nitrogen and oxygen atoms in total. The third-order valence-electron chi connectivity index (χ3n) is 5.75. The first kappa shape index (κ1) is 15.4. The van der Waals surface area contributed by atoms with Crippen molar-refractivity contribution in [1.29, 1.82) is 0 Å². The van der Waals surface area contributed by atoms with Crippen LogP contribution in [0.25, 0.3) is 0 Å². The molecule has 1 unspecified atom stereocenters. The summed E-state index contributed by atoms with van der Waals surface area (Å²) >= 11 is 0. The maximum absolute atomic E-state index is 15.1. The van der Waals surface area contributed by atoms with Crippen molar-refractivity contribution in [3.05, 3.63) is 12.2 Å². The second-order valence-corrected chi connectivity index (χ2v) is 7.51. The predicted octanol–water partition coefficient (Wildman–Crippen LogP) is 2.14. The van der Waals surface area contributed by atoms with Crippen molar-refractivity contribution < 1.29 is 4.39 Å². The molecule has 0 aromatic rings. The first-order valence-corrected chi connectivity index (χ1v) is 8.46. The number of piperidine rings is 2. The van der Waals surface area contributed by atoms with E-state index in [1.807, 2.05) is 0 Å². The molecule has 21 heavy (non-hydrogen) atoms. The Bertz CT molecular complexity index is 381. The van der Waals surface area contributed by atoms with Crippen molar-refractivity contribution in [3.63, 3.8) is 0 Å². The van der Waals surface area contributed by atoms with Crippen molar-refractivity contribution in [2.75, 3.05) is 46.8 Å². The summed E-state index contributed by atoms with van der Waals surface area (Å²) in [5, 5.41) is 0. The average molecular weight is 295 g/mol. The largest absolute Gasteiger partial charge is 0.306 e. The van der Waals surface area contributed by atoms with E-state index in [4.69, 9.17) is 0 Å². The fourth-order valence-electron chi connectivity index (χ4n) is 3.98. The molecule has 1 saturated carbocycles. The second-order valence-electron chi connectivity index (χ2n) is 7.51. The summed E-state index contributed by atoms with van der Waals surface area (Å²) in [6, 6.07) is 1.14. The van der Waals surface area contributed by atoms with Crippen molar-refractivity contribution in [2.24, 2.45) is 0 Å². The fourth-order valence-corrected chi connectivity index (χ4v) is 3.98. The molecule has 2 heterocycles. The van der Waals surface area contributed by atoms with Crippen LogP contribution in [0.3, 0.4) is 0 Å². The van der Waals surface area contributed by atoms with E-state index < -0.39 is 5.67 Å². The molecule has 0 aromatic carbocycles. The van der Waals surface area contributed by atoms with Gasteiger partial charge in [-0.2, -0.15) is 0 Å². The van der Waals surface area contributed by atoms with Crippen LogP contribution < -0.4 is 0 Å². The predicted molar refractivity (Wildman–Crippen MR) is 85.3 cm³/mol. The summed E-state index contributed by atoms with van der Waals surface area (Å²) in [6.45, 7) is 8.74. The van der Waals surface area contributed by atoms with Gasteiger partial charge in [0.25, 0.3) is 0 Å². The molecule has 1 atom stereocenters. The van der Waals surface area contributed by atoms with Gasteiger partial charge in [-0.3, -0.25) is 4.90 Å². The van der Waals surface area contributed by atoms with Crippen LogP contribution in [-0.2, 0) is 0 Å². The van der Waals surface area contributed by atoms with Gasteiger partial charge < -0.3 is 9.80 Å². The highest BCUT2D eigenvalue weighted by molar-refractivity contribution is 5.25. The van der Waals surface area contributed by atoms with E-state index in [0.717, 1.165) is 32.6 Å². The van der Waals surface area contributed by atoms with Gasteiger partial charge in [0.2, 0.25) is 0 Å². The molecular weight excluding hydrogens is 265 g/mol. The Hall–Kier alpha value is -0.450. The first-order valence-electron chi connectivity index (χ1n) is 8.46. The van der Waals surface area contributed by atoms with E-state index in [9.17, 15) is 0 Å². The Morgan fingerprint density at radius 2 is 1.81 bits per heavy atom. The Labute approximate surface area is 128 Å². The molecule has 120 valence electrons. The fraction of sp³-hybridized carbons (Fsp3) is 0.882. The zero-order valence-electron chi connectivity index (χ0n) is 13.7. The number of alkyl halides is 1. The van der Waals surface area contributed by atoms with E-state index in [1.165, 1.54) is 18.4 Å².